The highest BCUT2D eigenvalue weighted by molar-refractivity contribution is 9.10. The summed E-state index contributed by atoms with van der Waals surface area (Å²) >= 11 is 3.20. The molecule has 1 heterocycles. The second-order valence-corrected chi connectivity index (χ2v) is 2.80. The highest BCUT2D eigenvalue weighted by Crippen LogP contribution is 2.21. The fourth-order valence-electron chi connectivity index (χ4n) is 0.712. The van der Waals surface area contributed by atoms with E-state index in [1.807, 2.05) is 6.92 Å². The van der Waals surface area contributed by atoms with E-state index < -0.39 is 0 Å². The molecule has 0 bridgehead atoms. The Balaban J connectivity index is 2.90. The van der Waals surface area contributed by atoms with Gasteiger partial charge in [-0.15, -0.1) is 0 Å². The molecule has 11 heavy (non-hydrogen) atoms. The highest BCUT2D eigenvalue weighted by atomic mass is 79.9. The van der Waals surface area contributed by atoms with Crippen LogP contribution in [0.15, 0.2) is 22.9 Å². The number of nitrogens with zero attached hydrogens (tertiary/aromatic N) is 1. The Morgan fingerprint density at radius 2 is 2.45 bits per heavy atom. The van der Waals surface area contributed by atoms with E-state index in [-0.39, 0.29) is 0 Å². The van der Waals surface area contributed by atoms with E-state index in [1.54, 1.807) is 6.07 Å². The molecule has 0 aliphatic heterocycles. The van der Waals surface area contributed by atoms with Crippen molar-refractivity contribution in [3.8, 4) is 5.75 Å². The van der Waals surface area contributed by atoms with Crippen LogP contribution in [0.1, 0.15) is 6.92 Å². The van der Waals surface area contributed by atoms with Crippen molar-refractivity contribution in [3.05, 3.63) is 28.1 Å². The first-order chi connectivity index (χ1) is 5.24. The number of hydrogen-bond donors (Lipinski definition) is 0. The van der Waals surface area contributed by atoms with Crippen LogP contribution in [0.3, 0.4) is 0 Å². The third-order valence-electron chi connectivity index (χ3n) is 1.15. The highest BCUT2D eigenvalue weighted by Gasteiger charge is 2.02. The molecule has 0 unspecified atom stereocenters. The zero-order chi connectivity index (χ0) is 8.27. The minimum Gasteiger partial charge on any atom is -0.619 e. The van der Waals surface area contributed by atoms with Crippen molar-refractivity contribution in [1.82, 2.24) is 0 Å². The third kappa shape index (κ3) is 2.08. The van der Waals surface area contributed by atoms with E-state index >= 15 is 0 Å². The Morgan fingerprint density at radius 1 is 1.73 bits per heavy atom. The lowest BCUT2D eigenvalue weighted by Crippen LogP contribution is -2.24. The molecule has 0 aromatic carbocycles. The van der Waals surface area contributed by atoms with Gasteiger partial charge in [0.05, 0.1) is 6.61 Å². The molecule has 0 fully saturated rings. The molecular formula is C7H8BrNO2. The van der Waals surface area contributed by atoms with Crippen LogP contribution in [-0.2, 0) is 0 Å². The van der Waals surface area contributed by atoms with Crippen molar-refractivity contribution < 1.29 is 9.47 Å². The molecule has 3 nitrogen and oxygen atoms in total. The molecule has 1 rings (SSSR count). The quantitative estimate of drug-likeness (QED) is 0.556. The van der Waals surface area contributed by atoms with Gasteiger partial charge < -0.3 is 9.94 Å². The van der Waals surface area contributed by atoms with E-state index in [1.165, 1.54) is 12.4 Å². The summed E-state index contributed by atoms with van der Waals surface area (Å²) in [5, 5.41) is 10.7. The van der Waals surface area contributed by atoms with Crippen LogP contribution in [0.4, 0.5) is 0 Å². The fourth-order valence-corrected chi connectivity index (χ4v) is 1.16. The minimum absolute atomic E-state index is 0.599. The first-order valence-electron chi connectivity index (χ1n) is 3.25. The molecule has 0 radical (unpaired) electrons. The van der Waals surface area contributed by atoms with Gasteiger partial charge in [0.2, 0.25) is 0 Å². The molecule has 0 N–H and O–H groups in total. The maximum Gasteiger partial charge on any atom is 0.198 e. The van der Waals surface area contributed by atoms with Gasteiger partial charge in [-0.3, -0.25) is 0 Å². The van der Waals surface area contributed by atoms with E-state index in [9.17, 15) is 5.21 Å². The Bertz CT molecular complexity index is 252. The molecule has 0 aliphatic rings. The second kappa shape index (κ2) is 3.57. The zero-order valence-corrected chi connectivity index (χ0v) is 7.67. The van der Waals surface area contributed by atoms with Crippen molar-refractivity contribution >= 4 is 15.9 Å². The topological polar surface area (TPSA) is 36.2 Å². The molecule has 0 aliphatic carbocycles. The van der Waals surface area contributed by atoms with Gasteiger partial charge in [0.15, 0.2) is 12.4 Å². The monoisotopic (exact) mass is 217 g/mol. The van der Waals surface area contributed by atoms with Crippen LogP contribution in [-0.4, -0.2) is 6.61 Å². The summed E-state index contributed by atoms with van der Waals surface area (Å²) in [5.41, 5.74) is 0. The smallest absolute Gasteiger partial charge is 0.198 e. The van der Waals surface area contributed by atoms with E-state index in [2.05, 4.69) is 15.9 Å². The Morgan fingerprint density at radius 3 is 3.00 bits per heavy atom. The first kappa shape index (κ1) is 8.33. The van der Waals surface area contributed by atoms with Crippen LogP contribution in [0.2, 0.25) is 0 Å². The largest absolute Gasteiger partial charge is 0.619 e. The van der Waals surface area contributed by atoms with Crippen molar-refractivity contribution in [2.75, 3.05) is 6.61 Å². The lowest BCUT2D eigenvalue weighted by atomic mass is 10.4. The Labute approximate surface area is 73.3 Å². The normalized spacial score (nSPS) is 9.64. The standard InChI is InChI=1S/C7H8BrNO2/c1-2-11-7-3-4-9(10)5-6(7)8/h3-5H,2H2,1H3. The zero-order valence-electron chi connectivity index (χ0n) is 6.08. The fraction of sp³-hybridized carbons (Fsp3) is 0.286. The number of halogens is 1. The second-order valence-electron chi connectivity index (χ2n) is 1.95. The van der Waals surface area contributed by atoms with Crippen molar-refractivity contribution in [2.45, 2.75) is 6.92 Å². The van der Waals surface area contributed by atoms with Crippen LogP contribution in [0.5, 0.6) is 5.75 Å². The Kier molecular flexibility index (Phi) is 2.70. The van der Waals surface area contributed by atoms with Gasteiger partial charge in [0, 0.05) is 6.07 Å². The molecule has 1 aromatic heterocycles. The minimum atomic E-state index is 0.599. The third-order valence-corrected chi connectivity index (χ3v) is 1.74. The van der Waals surface area contributed by atoms with Crippen molar-refractivity contribution in [1.29, 1.82) is 0 Å². The van der Waals surface area contributed by atoms with E-state index in [4.69, 9.17) is 4.74 Å². The van der Waals surface area contributed by atoms with Crippen LogP contribution >= 0.6 is 15.9 Å². The number of rotatable bonds is 2. The SMILES string of the molecule is CCOc1cc[n+]([O-])cc1Br. The van der Waals surface area contributed by atoms with Gasteiger partial charge in [-0.1, -0.05) is 0 Å². The predicted octanol–water partition coefficient (Wildman–Crippen LogP) is 1.48. The maximum atomic E-state index is 10.7. The summed E-state index contributed by atoms with van der Waals surface area (Å²) in [6.45, 7) is 2.49. The summed E-state index contributed by atoms with van der Waals surface area (Å²) < 4.78 is 6.59. The molecule has 1 aromatic rings. The van der Waals surface area contributed by atoms with Gasteiger partial charge in [-0.25, -0.2) is 0 Å². The van der Waals surface area contributed by atoms with Crippen molar-refractivity contribution in [3.63, 3.8) is 0 Å². The van der Waals surface area contributed by atoms with Crippen molar-refractivity contribution in [2.24, 2.45) is 0 Å². The van der Waals surface area contributed by atoms with Crippen LogP contribution < -0.4 is 9.47 Å². The molecule has 0 amide bonds. The lowest BCUT2D eigenvalue weighted by Gasteiger charge is -2.03. The number of pyridine rings is 1. The van der Waals surface area contributed by atoms with Crippen LogP contribution in [0.25, 0.3) is 0 Å². The van der Waals surface area contributed by atoms with Gasteiger partial charge in [-0.05, 0) is 22.9 Å². The molecule has 4 heteroatoms. The van der Waals surface area contributed by atoms with Gasteiger partial charge in [0.1, 0.15) is 10.2 Å². The molecule has 0 saturated carbocycles. The predicted molar refractivity (Wildman–Crippen MR) is 44.3 cm³/mol. The number of aromatic nitrogens is 1. The van der Waals surface area contributed by atoms with Gasteiger partial charge in [0.25, 0.3) is 0 Å². The average Bonchev–Trinajstić information content (AvgIpc) is 1.95. The maximum absolute atomic E-state index is 10.7. The molecule has 0 spiro atoms. The molecule has 60 valence electrons. The molecule has 0 atom stereocenters. The van der Waals surface area contributed by atoms with E-state index in [0.29, 0.717) is 21.6 Å². The summed E-state index contributed by atoms with van der Waals surface area (Å²) in [6.07, 6.45) is 2.81. The average molecular weight is 218 g/mol. The van der Waals surface area contributed by atoms with Crippen LogP contribution in [0, 0.1) is 5.21 Å². The number of ether oxygens (including phenoxy) is 1. The molecule has 0 saturated heterocycles. The summed E-state index contributed by atoms with van der Waals surface area (Å²) in [6, 6.07) is 1.63. The Hall–Kier alpha value is -0.770. The lowest BCUT2D eigenvalue weighted by molar-refractivity contribution is -0.606. The number of hydrogen-bond acceptors (Lipinski definition) is 2. The summed E-state index contributed by atoms with van der Waals surface area (Å²) in [4.78, 5) is 0. The summed E-state index contributed by atoms with van der Waals surface area (Å²) in [7, 11) is 0. The van der Waals surface area contributed by atoms with Gasteiger partial charge >= 0.3 is 0 Å². The molecular weight excluding hydrogens is 210 g/mol. The van der Waals surface area contributed by atoms with Gasteiger partial charge in [-0.2, -0.15) is 4.73 Å². The van der Waals surface area contributed by atoms with E-state index in [0.717, 1.165) is 0 Å². The summed E-state index contributed by atoms with van der Waals surface area (Å²) in [5.74, 6) is 0.694. The first-order valence-corrected chi connectivity index (χ1v) is 4.04.